The van der Waals surface area contributed by atoms with Crippen molar-refractivity contribution in [1.29, 1.82) is 5.26 Å². The van der Waals surface area contributed by atoms with E-state index in [1.807, 2.05) is 13.0 Å². The van der Waals surface area contributed by atoms with Crippen LogP contribution < -0.4 is 10.2 Å². The van der Waals surface area contributed by atoms with Gasteiger partial charge in [0, 0.05) is 30.6 Å². The minimum Gasteiger partial charge on any atom is -0.352 e. The van der Waals surface area contributed by atoms with Gasteiger partial charge in [-0.05, 0) is 24.6 Å². The Balaban J connectivity index is 1.85. The van der Waals surface area contributed by atoms with Crippen molar-refractivity contribution in [3.63, 3.8) is 0 Å². The topological polar surface area (TPSA) is 74.9 Å². The first kappa shape index (κ1) is 15.0. The second-order valence-electron chi connectivity index (χ2n) is 4.63. The number of thiazole rings is 1. The first-order chi connectivity index (χ1) is 10.1. The molecule has 0 bridgehead atoms. The monoisotopic (exact) mass is 301 g/mol. The van der Waals surface area contributed by atoms with Crippen molar-refractivity contribution in [1.82, 2.24) is 9.88 Å². The Morgan fingerprint density at radius 3 is 2.95 bits per heavy atom. The molecule has 0 saturated heterocycles. The zero-order valence-corrected chi connectivity index (χ0v) is 12.4. The molecule has 1 amide bonds. The fourth-order valence-corrected chi connectivity index (χ4v) is 2.69. The van der Waals surface area contributed by atoms with Crippen LogP contribution in [0.5, 0.6) is 0 Å². The molecule has 0 unspecified atom stereocenters. The van der Waals surface area contributed by atoms with Gasteiger partial charge in [-0.1, -0.05) is 23.5 Å². The summed E-state index contributed by atoms with van der Waals surface area (Å²) in [5.74, 6) is -0.116. The van der Waals surface area contributed by atoms with Crippen LogP contribution in [0.4, 0.5) is 0 Å². The highest BCUT2D eigenvalue weighted by atomic mass is 32.1. The predicted molar refractivity (Wildman–Crippen MR) is 80.9 cm³/mol. The normalized spacial score (nSPS) is 10.1. The van der Waals surface area contributed by atoms with Crippen molar-refractivity contribution in [2.45, 2.75) is 26.4 Å². The average Bonchev–Trinajstić information content (AvgIpc) is 2.82. The van der Waals surface area contributed by atoms with Gasteiger partial charge in [0.2, 0.25) is 5.91 Å². The predicted octanol–water partition coefficient (Wildman–Crippen LogP) is 1.80. The smallest absolute Gasteiger partial charge is 0.307 e. The van der Waals surface area contributed by atoms with E-state index in [0.717, 1.165) is 22.6 Å². The van der Waals surface area contributed by atoms with Crippen LogP contribution in [0.2, 0.25) is 0 Å². The molecule has 0 radical (unpaired) electrons. The molecule has 0 saturated carbocycles. The summed E-state index contributed by atoms with van der Waals surface area (Å²) in [5, 5.41) is 13.4. The summed E-state index contributed by atoms with van der Waals surface area (Å²) < 4.78 is 1.60. The van der Waals surface area contributed by atoms with Crippen molar-refractivity contribution in [3.05, 3.63) is 56.1 Å². The molecule has 0 aliphatic carbocycles. The number of aryl methyl sites for hydroxylation is 1. The maximum absolute atomic E-state index is 11.8. The molecule has 1 heterocycles. The second kappa shape index (κ2) is 6.86. The Bertz CT molecular complexity index is 740. The second-order valence-corrected chi connectivity index (χ2v) is 5.45. The van der Waals surface area contributed by atoms with Crippen LogP contribution in [0.25, 0.3) is 0 Å². The van der Waals surface area contributed by atoms with Crippen LogP contribution in [-0.4, -0.2) is 10.5 Å². The molecule has 0 aliphatic rings. The van der Waals surface area contributed by atoms with Gasteiger partial charge < -0.3 is 9.88 Å². The number of rotatable bonds is 5. The number of amides is 1. The first-order valence-electron chi connectivity index (χ1n) is 6.51. The quantitative estimate of drug-likeness (QED) is 0.915. The lowest BCUT2D eigenvalue weighted by molar-refractivity contribution is -0.121. The lowest BCUT2D eigenvalue weighted by atomic mass is 10.1. The molecule has 6 heteroatoms. The third kappa shape index (κ3) is 4.04. The summed E-state index contributed by atoms with van der Waals surface area (Å²) in [6, 6.07) is 9.17. The van der Waals surface area contributed by atoms with Crippen LogP contribution >= 0.6 is 11.3 Å². The van der Waals surface area contributed by atoms with E-state index in [1.165, 1.54) is 0 Å². The maximum atomic E-state index is 11.8. The third-order valence-electron chi connectivity index (χ3n) is 3.08. The Morgan fingerprint density at radius 2 is 2.29 bits per heavy atom. The number of aromatic nitrogens is 1. The van der Waals surface area contributed by atoms with Crippen LogP contribution in [0.1, 0.15) is 23.2 Å². The SMILES string of the molecule is Cc1csc(=O)n1CCC(=O)NCc1cccc(C#N)c1. The van der Waals surface area contributed by atoms with Crippen molar-refractivity contribution >= 4 is 17.2 Å². The van der Waals surface area contributed by atoms with Gasteiger partial charge in [0.1, 0.15) is 0 Å². The fourth-order valence-electron chi connectivity index (χ4n) is 1.93. The summed E-state index contributed by atoms with van der Waals surface area (Å²) in [7, 11) is 0. The van der Waals surface area contributed by atoms with E-state index in [0.29, 0.717) is 18.7 Å². The van der Waals surface area contributed by atoms with E-state index in [1.54, 1.807) is 28.1 Å². The summed E-state index contributed by atoms with van der Waals surface area (Å²) in [4.78, 5) is 23.3. The van der Waals surface area contributed by atoms with Gasteiger partial charge in [-0.2, -0.15) is 5.26 Å². The molecule has 0 atom stereocenters. The molecule has 1 aromatic carbocycles. The fraction of sp³-hybridized carbons (Fsp3) is 0.267. The number of carbonyl (C=O) groups is 1. The molecular formula is C15H15N3O2S. The Kier molecular flexibility index (Phi) is 4.90. The van der Waals surface area contributed by atoms with Crippen LogP contribution in [0.15, 0.2) is 34.4 Å². The molecular weight excluding hydrogens is 286 g/mol. The third-order valence-corrected chi connectivity index (χ3v) is 3.97. The highest BCUT2D eigenvalue weighted by Crippen LogP contribution is 2.04. The van der Waals surface area contributed by atoms with E-state index in [-0.39, 0.29) is 17.2 Å². The number of benzene rings is 1. The number of nitrogens with one attached hydrogen (secondary N) is 1. The molecule has 0 spiro atoms. The van der Waals surface area contributed by atoms with Crippen molar-refractivity contribution in [2.75, 3.05) is 0 Å². The molecule has 2 rings (SSSR count). The van der Waals surface area contributed by atoms with Crippen molar-refractivity contribution in [3.8, 4) is 6.07 Å². The van der Waals surface area contributed by atoms with E-state index < -0.39 is 0 Å². The molecule has 1 N–H and O–H groups in total. The van der Waals surface area contributed by atoms with Gasteiger partial charge in [-0.15, -0.1) is 0 Å². The Hall–Kier alpha value is -2.39. The maximum Gasteiger partial charge on any atom is 0.307 e. The van der Waals surface area contributed by atoms with Crippen LogP contribution in [0, 0.1) is 18.3 Å². The Morgan fingerprint density at radius 1 is 1.48 bits per heavy atom. The lowest BCUT2D eigenvalue weighted by Crippen LogP contribution is -2.26. The molecule has 5 nitrogen and oxygen atoms in total. The van der Waals surface area contributed by atoms with Crippen LogP contribution in [0.3, 0.4) is 0 Å². The molecule has 1 aromatic heterocycles. The van der Waals surface area contributed by atoms with Gasteiger partial charge >= 0.3 is 4.87 Å². The van der Waals surface area contributed by atoms with Gasteiger partial charge in [-0.25, -0.2) is 0 Å². The van der Waals surface area contributed by atoms with Crippen molar-refractivity contribution in [2.24, 2.45) is 0 Å². The summed E-state index contributed by atoms with van der Waals surface area (Å²) in [6.45, 7) is 2.62. The largest absolute Gasteiger partial charge is 0.352 e. The van der Waals surface area contributed by atoms with E-state index in [4.69, 9.17) is 5.26 Å². The van der Waals surface area contributed by atoms with Crippen LogP contribution in [-0.2, 0) is 17.9 Å². The highest BCUT2D eigenvalue weighted by Gasteiger charge is 2.06. The zero-order valence-electron chi connectivity index (χ0n) is 11.6. The number of nitrogens with zero attached hydrogens (tertiary/aromatic N) is 2. The molecule has 0 aliphatic heterocycles. The summed E-state index contributed by atoms with van der Waals surface area (Å²) in [6.07, 6.45) is 0.259. The molecule has 108 valence electrons. The minimum atomic E-state index is -0.116. The Labute approximate surface area is 126 Å². The number of carbonyl (C=O) groups excluding carboxylic acids is 1. The van der Waals surface area contributed by atoms with Crippen molar-refractivity contribution < 1.29 is 4.79 Å². The first-order valence-corrected chi connectivity index (χ1v) is 7.39. The summed E-state index contributed by atoms with van der Waals surface area (Å²) >= 11 is 1.14. The zero-order chi connectivity index (χ0) is 15.2. The minimum absolute atomic E-state index is 0.0398. The molecule has 0 fully saturated rings. The molecule has 2 aromatic rings. The lowest BCUT2D eigenvalue weighted by Gasteiger charge is -2.07. The number of nitriles is 1. The number of hydrogen-bond donors (Lipinski definition) is 1. The van der Waals surface area contributed by atoms with E-state index in [9.17, 15) is 9.59 Å². The van der Waals surface area contributed by atoms with E-state index >= 15 is 0 Å². The highest BCUT2D eigenvalue weighted by molar-refractivity contribution is 7.07. The van der Waals surface area contributed by atoms with Gasteiger partial charge in [0.05, 0.1) is 11.6 Å². The van der Waals surface area contributed by atoms with Gasteiger partial charge in [0.15, 0.2) is 0 Å². The molecule has 21 heavy (non-hydrogen) atoms. The van der Waals surface area contributed by atoms with E-state index in [2.05, 4.69) is 11.4 Å². The standard InChI is InChI=1S/C15H15N3O2S/c1-11-10-21-15(20)18(11)6-5-14(19)17-9-13-4-2-3-12(7-13)8-16/h2-4,7,10H,5-6,9H2,1H3,(H,17,19). The average molecular weight is 301 g/mol. The number of hydrogen-bond acceptors (Lipinski definition) is 4. The summed E-state index contributed by atoms with van der Waals surface area (Å²) in [5.41, 5.74) is 2.33. The van der Waals surface area contributed by atoms with Gasteiger partial charge in [0.25, 0.3) is 0 Å². The van der Waals surface area contributed by atoms with Gasteiger partial charge in [-0.3, -0.25) is 9.59 Å².